The second-order valence-corrected chi connectivity index (χ2v) is 5.07. The van der Waals surface area contributed by atoms with E-state index in [9.17, 15) is 4.39 Å². The highest BCUT2D eigenvalue weighted by Gasteiger charge is 2.31. The summed E-state index contributed by atoms with van der Waals surface area (Å²) in [5, 5.41) is 0.837. The normalized spacial score (nSPS) is 14.2. The van der Waals surface area contributed by atoms with Crippen LogP contribution in [0.5, 0.6) is 0 Å². The monoisotopic (exact) mass is 298 g/mol. The van der Waals surface area contributed by atoms with Gasteiger partial charge < -0.3 is 5.73 Å². The van der Waals surface area contributed by atoms with Gasteiger partial charge in [0.1, 0.15) is 5.82 Å². The summed E-state index contributed by atoms with van der Waals surface area (Å²) in [7, 11) is 0. The summed E-state index contributed by atoms with van der Waals surface area (Å²) in [4.78, 5) is 4.07. The van der Waals surface area contributed by atoms with Crippen molar-refractivity contribution < 1.29 is 4.39 Å². The molecule has 1 unspecified atom stereocenters. The number of hydrogen-bond acceptors (Lipinski definition) is 2. The van der Waals surface area contributed by atoms with Crippen LogP contribution in [0, 0.1) is 5.82 Å². The molecule has 5 heteroatoms. The third-order valence-electron chi connectivity index (χ3n) is 3.17. The Morgan fingerprint density at radius 3 is 2.58 bits per heavy atom. The van der Waals surface area contributed by atoms with Crippen molar-refractivity contribution in [2.75, 3.05) is 0 Å². The Morgan fingerprint density at radius 1 is 1.26 bits per heavy atom. The maximum atomic E-state index is 13.0. The van der Waals surface area contributed by atoms with Crippen molar-refractivity contribution in [3.63, 3.8) is 0 Å². The Morgan fingerprint density at radius 2 is 2.00 bits per heavy atom. The predicted octanol–water partition coefficient (Wildman–Crippen LogP) is 4.14. The molecule has 2 nitrogen and oxygen atoms in total. The molecule has 19 heavy (non-hydrogen) atoms. The molecular weight excluding hydrogens is 286 g/mol. The minimum atomic E-state index is -0.893. The van der Waals surface area contributed by atoms with E-state index in [0.717, 1.165) is 6.20 Å². The van der Waals surface area contributed by atoms with Crippen LogP contribution < -0.4 is 5.73 Å². The summed E-state index contributed by atoms with van der Waals surface area (Å²) in [5.41, 5.74) is 6.78. The summed E-state index contributed by atoms with van der Waals surface area (Å²) in [6, 6.07) is 8.18. The Bertz CT molecular complexity index is 586. The molecule has 0 saturated carbocycles. The summed E-state index contributed by atoms with van der Waals surface area (Å²) in [6.07, 6.45) is 1.71. The van der Waals surface area contributed by atoms with E-state index in [1.54, 1.807) is 18.2 Å². The van der Waals surface area contributed by atoms with E-state index in [1.807, 2.05) is 13.0 Å². The van der Waals surface area contributed by atoms with E-state index >= 15 is 0 Å². The lowest BCUT2D eigenvalue weighted by molar-refractivity contribution is 0.499. The fourth-order valence-electron chi connectivity index (χ4n) is 2.00. The molecule has 0 aliphatic carbocycles. The van der Waals surface area contributed by atoms with Crippen LogP contribution in [-0.4, -0.2) is 4.98 Å². The summed E-state index contributed by atoms with van der Waals surface area (Å²) in [5.74, 6) is -0.403. The Labute approximate surface area is 121 Å². The van der Waals surface area contributed by atoms with Crippen molar-refractivity contribution in [3.8, 4) is 0 Å². The van der Waals surface area contributed by atoms with E-state index in [4.69, 9.17) is 28.9 Å². The second-order valence-electron chi connectivity index (χ2n) is 4.29. The molecule has 0 spiro atoms. The first-order valence-electron chi connectivity index (χ1n) is 5.84. The van der Waals surface area contributed by atoms with Crippen LogP contribution in [0.4, 0.5) is 4.39 Å². The molecule has 0 bridgehead atoms. The highest BCUT2D eigenvalue weighted by atomic mass is 35.5. The number of rotatable bonds is 3. The molecule has 2 N–H and O–H groups in total. The number of benzene rings is 1. The average Bonchev–Trinajstić information content (AvgIpc) is 2.42. The van der Waals surface area contributed by atoms with Gasteiger partial charge in [0.05, 0.1) is 27.5 Å². The van der Waals surface area contributed by atoms with Crippen LogP contribution in [-0.2, 0) is 5.54 Å². The maximum absolute atomic E-state index is 13.0. The van der Waals surface area contributed by atoms with Gasteiger partial charge in [-0.25, -0.2) is 4.39 Å². The van der Waals surface area contributed by atoms with Gasteiger partial charge in [0.25, 0.3) is 0 Å². The number of pyridine rings is 1. The quantitative estimate of drug-likeness (QED) is 0.925. The van der Waals surface area contributed by atoms with E-state index in [1.165, 1.54) is 6.07 Å². The maximum Gasteiger partial charge on any atom is 0.141 e. The van der Waals surface area contributed by atoms with Crippen molar-refractivity contribution in [2.24, 2.45) is 5.73 Å². The largest absolute Gasteiger partial charge is 0.316 e. The molecule has 0 saturated heterocycles. The fourth-order valence-corrected chi connectivity index (χ4v) is 2.47. The number of halogens is 3. The van der Waals surface area contributed by atoms with Crippen molar-refractivity contribution in [1.29, 1.82) is 0 Å². The summed E-state index contributed by atoms with van der Waals surface area (Å²) >= 11 is 12.2. The van der Waals surface area contributed by atoms with Crippen molar-refractivity contribution >= 4 is 23.2 Å². The van der Waals surface area contributed by atoms with Crippen molar-refractivity contribution in [2.45, 2.75) is 18.9 Å². The molecule has 1 aromatic heterocycles. The van der Waals surface area contributed by atoms with Crippen molar-refractivity contribution in [1.82, 2.24) is 4.98 Å². The van der Waals surface area contributed by atoms with Crippen LogP contribution in [0.25, 0.3) is 0 Å². The van der Waals surface area contributed by atoms with Gasteiger partial charge in [-0.3, -0.25) is 4.98 Å². The highest BCUT2D eigenvalue weighted by Crippen LogP contribution is 2.37. The predicted molar refractivity (Wildman–Crippen MR) is 75.9 cm³/mol. The van der Waals surface area contributed by atoms with Crippen LogP contribution in [0.3, 0.4) is 0 Å². The van der Waals surface area contributed by atoms with Crippen molar-refractivity contribution in [3.05, 3.63) is 63.6 Å². The van der Waals surface area contributed by atoms with E-state index < -0.39 is 11.4 Å². The van der Waals surface area contributed by atoms with Crippen LogP contribution in [0.1, 0.15) is 24.6 Å². The lowest BCUT2D eigenvalue weighted by atomic mass is 9.84. The molecule has 0 amide bonds. The molecule has 2 aromatic rings. The smallest absolute Gasteiger partial charge is 0.141 e. The third kappa shape index (κ3) is 2.59. The zero-order chi connectivity index (χ0) is 14.0. The Kier molecular flexibility index (Phi) is 4.09. The van der Waals surface area contributed by atoms with Gasteiger partial charge in [0.2, 0.25) is 0 Å². The zero-order valence-electron chi connectivity index (χ0n) is 10.3. The summed E-state index contributed by atoms with van der Waals surface area (Å²) in [6.45, 7) is 1.92. The van der Waals surface area contributed by atoms with Gasteiger partial charge in [0.15, 0.2) is 0 Å². The van der Waals surface area contributed by atoms with Gasteiger partial charge in [-0.15, -0.1) is 0 Å². The first-order valence-corrected chi connectivity index (χ1v) is 6.60. The van der Waals surface area contributed by atoms with Gasteiger partial charge >= 0.3 is 0 Å². The molecule has 0 fully saturated rings. The molecule has 1 atom stereocenters. The van der Waals surface area contributed by atoms with Gasteiger partial charge in [0, 0.05) is 0 Å². The Balaban J connectivity index is 2.59. The molecule has 1 aromatic carbocycles. The molecule has 2 rings (SSSR count). The highest BCUT2D eigenvalue weighted by molar-refractivity contribution is 6.42. The van der Waals surface area contributed by atoms with E-state index in [2.05, 4.69) is 4.98 Å². The fraction of sp³-hybridized carbons (Fsp3) is 0.214. The minimum absolute atomic E-state index is 0.402. The molecule has 0 radical (unpaired) electrons. The first kappa shape index (κ1) is 14.3. The number of nitrogens with two attached hydrogens (primary N) is 1. The molecule has 0 aliphatic heterocycles. The zero-order valence-corrected chi connectivity index (χ0v) is 11.8. The first-order chi connectivity index (χ1) is 8.99. The molecule has 100 valence electrons. The average molecular weight is 299 g/mol. The lowest BCUT2D eigenvalue weighted by Gasteiger charge is -2.29. The van der Waals surface area contributed by atoms with Crippen LogP contribution in [0.2, 0.25) is 10.0 Å². The number of nitrogens with zero attached hydrogens (tertiary/aromatic N) is 1. The minimum Gasteiger partial charge on any atom is -0.316 e. The third-order valence-corrected chi connectivity index (χ3v) is 3.99. The van der Waals surface area contributed by atoms with Crippen LogP contribution >= 0.6 is 23.2 Å². The standard InChI is InChI=1S/C14H13Cl2FN2/c1-2-14(18,12-7-6-9(17)8-19-12)10-4-3-5-11(15)13(10)16/h3-8H,2,18H2,1H3. The second kappa shape index (κ2) is 5.45. The van der Waals surface area contributed by atoms with E-state index in [-0.39, 0.29) is 0 Å². The number of hydrogen-bond donors (Lipinski definition) is 1. The van der Waals surface area contributed by atoms with E-state index in [0.29, 0.717) is 27.7 Å². The SMILES string of the molecule is CCC(N)(c1ccc(F)cn1)c1cccc(Cl)c1Cl. The summed E-state index contributed by atoms with van der Waals surface area (Å²) < 4.78 is 13.0. The van der Waals surface area contributed by atoms with Crippen LogP contribution in [0.15, 0.2) is 36.5 Å². The topological polar surface area (TPSA) is 38.9 Å². The Hall–Kier alpha value is -1.16. The van der Waals surface area contributed by atoms with Gasteiger partial charge in [-0.1, -0.05) is 42.3 Å². The van der Waals surface area contributed by atoms with Gasteiger partial charge in [-0.2, -0.15) is 0 Å². The number of aromatic nitrogens is 1. The lowest BCUT2D eigenvalue weighted by Crippen LogP contribution is -2.38. The molecular formula is C14H13Cl2FN2. The molecule has 1 heterocycles. The molecule has 0 aliphatic rings. The van der Waals surface area contributed by atoms with Gasteiger partial charge in [-0.05, 0) is 30.2 Å².